The Bertz CT molecular complexity index is 790. The predicted molar refractivity (Wildman–Crippen MR) is 98.6 cm³/mol. The van der Waals surface area contributed by atoms with Crippen molar-refractivity contribution in [2.75, 3.05) is 19.8 Å². The van der Waals surface area contributed by atoms with Gasteiger partial charge in [-0.3, -0.25) is 14.6 Å². The molecule has 1 atom stereocenters. The fourth-order valence-corrected chi connectivity index (χ4v) is 3.18. The highest BCUT2D eigenvalue weighted by Gasteiger charge is 2.29. The van der Waals surface area contributed by atoms with Crippen LogP contribution in [0, 0.1) is 0 Å². The highest BCUT2D eigenvalue weighted by molar-refractivity contribution is 5.78. The van der Waals surface area contributed by atoms with E-state index in [4.69, 9.17) is 4.74 Å². The molecule has 0 bridgehead atoms. The van der Waals surface area contributed by atoms with E-state index in [1.54, 1.807) is 17.3 Å². The summed E-state index contributed by atoms with van der Waals surface area (Å²) in [6.07, 6.45) is 5.54. The average molecular weight is 371 g/mol. The minimum atomic E-state index is -0.140. The van der Waals surface area contributed by atoms with E-state index >= 15 is 0 Å². The number of carbonyl (C=O) groups excluding carboxylic acids is 2. The van der Waals surface area contributed by atoms with Gasteiger partial charge in [0.2, 0.25) is 11.8 Å². The van der Waals surface area contributed by atoms with Crippen LogP contribution >= 0.6 is 0 Å². The maximum absolute atomic E-state index is 12.3. The molecule has 8 heteroatoms. The zero-order valence-electron chi connectivity index (χ0n) is 15.7. The van der Waals surface area contributed by atoms with Gasteiger partial charge in [0.1, 0.15) is 12.4 Å². The molecule has 1 N–H and O–H groups in total. The summed E-state index contributed by atoms with van der Waals surface area (Å²) in [6.45, 7) is 6.15. The molecular weight excluding hydrogens is 346 g/mol. The maximum Gasteiger partial charge on any atom is 0.249 e. The molecule has 1 aliphatic heterocycles. The van der Waals surface area contributed by atoms with E-state index in [0.29, 0.717) is 31.9 Å². The van der Waals surface area contributed by atoms with Crippen LogP contribution in [0.2, 0.25) is 0 Å². The first kappa shape index (κ1) is 19.0. The Hall–Kier alpha value is -2.74. The van der Waals surface area contributed by atoms with Gasteiger partial charge in [0, 0.05) is 44.8 Å². The van der Waals surface area contributed by atoms with Gasteiger partial charge in [-0.1, -0.05) is 6.07 Å². The lowest BCUT2D eigenvalue weighted by Crippen LogP contribution is -2.42. The summed E-state index contributed by atoms with van der Waals surface area (Å²) in [7, 11) is 0. The van der Waals surface area contributed by atoms with E-state index in [1.165, 1.54) is 0 Å². The summed E-state index contributed by atoms with van der Waals surface area (Å²) in [6, 6.07) is 3.61. The van der Waals surface area contributed by atoms with Crippen LogP contribution in [0.5, 0.6) is 0 Å². The normalized spacial score (nSPS) is 16.1. The van der Waals surface area contributed by atoms with E-state index in [2.05, 4.69) is 15.3 Å². The molecule has 0 aliphatic carbocycles. The predicted octanol–water partition coefficient (Wildman–Crippen LogP) is 1.08. The molecule has 8 nitrogen and oxygen atoms in total. The molecule has 0 radical (unpaired) electrons. The number of nitrogens with zero attached hydrogens (tertiary/aromatic N) is 4. The van der Waals surface area contributed by atoms with E-state index in [1.807, 2.05) is 36.7 Å². The first-order valence-electron chi connectivity index (χ1n) is 9.17. The minimum Gasteiger partial charge on any atom is -0.372 e. The number of pyridine rings is 1. The lowest BCUT2D eigenvalue weighted by molar-refractivity contribution is -0.139. The van der Waals surface area contributed by atoms with Gasteiger partial charge in [-0.15, -0.1) is 0 Å². The Morgan fingerprint density at radius 1 is 1.37 bits per heavy atom. The van der Waals surface area contributed by atoms with Gasteiger partial charge in [-0.05, 0) is 25.5 Å². The van der Waals surface area contributed by atoms with Gasteiger partial charge in [0.15, 0.2) is 0 Å². The van der Waals surface area contributed by atoms with E-state index in [9.17, 15) is 9.59 Å². The first-order chi connectivity index (χ1) is 13.1. The summed E-state index contributed by atoms with van der Waals surface area (Å²) in [5, 5.41) is 2.88. The molecule has 27 heavy (non-hydrogen) atoms. The second-order valence-corrected chi connectivity index (χ2v) is 6.50. The summed E-state index contributed by atoms with van der Waals surface area (Å²) in [5.41, 5.74) is 1.66. The lowest BCUT2D eigenvalue weighted by atomic mass is 10.2. The molecule has 0 saturated carbocycles. The number of carbonyl (C=O) groups is 2. The van der Waals surface area contributed by atoms with Crippen LogP contribution < -0.4 is 5.32 Å². The number of aromatic nitrogens is 3. The number of ether oxygens (including phenoxy) is 1. The van der Waals surface area contributed by atoms with Gasteiger partial charge in [0.05, 0.1) is 18.2 Å². The molecule has 3 rings (SSSR count). The zero-order chi connectivity index (χ0) is 19.2. The summed E-state index contributed by atoms with van der Waals surface area (Å²) >= 11 is 0. The van der Waals surface area contributed by atoms with Gasteiger partial charge < -0.3 is 19.5 Å². The third-order valence-electron chi connectivity index (χ3n) is 4.58. The molecule has 0 spiro atoms. The minimum absolute atomic E-state index is 0.0330. The quantitative estimate of drug-likeness (QED) is 0.787. The first-order valence-corrected chi connectivity index (χ1v) is 9.17. The van der Waals surface area contributed by atoms with Crippen molar-refractivity contribution in [1.29, 1.82) is 0 Å². The number of nitrogens with one attached hydrogen (secondary N) is 1. The standard InChI is InChI=1S/C19H25N5O3/c1-3-27-13-18(26)24-8-7-23-12-16(22-19(23)14(24)2)9-17(25)21-11-15-5-4-6-20-10-15/h4-6,10,12,14H,3,7-9,11,13H2,1-2H3,(H,21,25)/t14-/m1/s1. The van der Waals surface area contributed by atoms with Crippen molar-refractivity contribution in [1.82, 2.24) is 24.8 Å². The SMILES string of the molecule is CCOCC(=O)N1CCn2cc(CC(=O)NCc3cccnc3)nc2[C@H]1C. The van der Waals surface area contributed by atoms with Crippen molar-refractivity contribution in [3.8, 4) is 0 Å². The van der Waals surface area contributed by atoms with Gasteiger partial charge in [0.25, 0.3) is 0 Å². The molecule has 0 aromatic carbocycles. The molecule has 3 heterocycles. The monoisotopic (exact) mass is 371 g/mol. The second kappa shape index (κ2) is 8.77. The van der Waals surface area contributed by atoms with Crippen LogP contribution in [0.3, 0.4) is 0 Å². The van der Waals surface area contributed by atoms with Crippen LogP contribution in [0.4, 0.5) is 0 Å². The Labute approximate surface area is 158 Å². The number of imidazole rings is 1. The molecule has 1 aliphatic rings. The van der Waals surface area contributed by atoms with Crippen molar-refractivity contribution in [3.05, 3.63) is 47.8 Å². The highest BCUT2D eigenvalue weighted by atomic mass is 16.5. The van der Waals surface area contributed by atoms with E-state index < -0.39 is 0 Å². The van der Waals surface area contributed by atoms with Crippen molar-refractivity contribution in [2.24, 2.45) is 0 Å². The van der Waals surface area contributed by atoms with Crippen molar-refractivity contribution < 1.29 is 14.3 Å². The highest BCUT2D eigenvalue weighted by Crippen LogP contribution is 2.24. The summed E-state index contributed by atoms with van der Waals surface area (Å²) in [4.78, 5) is 34.9. The van der Waals surface area contributed by atoms with E-state index in [-0.39, 0.29) is 30.9 Å². The number of fused-ring (bicyclic) bond motifs is 1. The van der Waals surface area contributed by atoms with Crippen LogP contribution in [0.15, 0.2) is 30.7 Å². The summed E-state index contributed by atoms with van der Waals surface area (Å²) in [5.74, 6) is 0.682. The Kier molecular flexibility index (Phi) is 6.18. The third kappa shape index (κ3) is 4.71. The molecule has 2 aromatic rings. The van der Waals surface area contributed by atoms with Crippen LogP contribution in [0.25, 0.3) is 0 Å². The Morgan fingerprint density at radius 2 is 2.22 bits per heavy atom. The molecule has 0 saturated heterocycles. The molecule has 2 aromatic heterocycles. The third-order valence-corrected chi connectivity index (χ3v) is 4.58. The van der Waals surface area contributed by atoms with Gasteiger partial charge >= 0.3 is 0 Å². The zero-order valence-corrected chi connectivity index (χ0v) is 15.7. The molecule has 144 valence electrons. The van der Waals surface area contributed by atoms with Crippen LogP contribution in [-0.4, -0.2) is 51.0 Å². The van der Waals surface area contributed by atoms with E-state index in [0.717, 1.165) is 11.4 Å². The van der Waals surface area contributed by atoms with Crippen molar-refractivity contribution in [3.63, 3.8) is 0 Å². The summed E-state index contributed by atoms with van der Waals surface area (Å²) < 4.78 is 7.26. The largest absolute Gasteiger partial charge is 0.372 e. The maximum atomic E-state index is 12.3. The Balaban J connectivity index is 1.58. The second-order valence-electron chi connectivity index (χ2n) is 6.50. The molecule has 0 fully saturated rings. The number of hydrogen-bond donors (Lipinski definition) is 1. The molecular formula is C19H25N5O3. The average Bonchev–Trinajstić information content (AvgIpc) is 3.09. The number of hydrogen-bond acceptors (Lipinski definition) is 5. The fraction of sp³-hybridized carbons (Fsp3) is 0.474. The Morgan fingerprint density at radius 3 is 2.96 bits per heavy atom. The van der Waals surface area contributed by atoms with Crippen LogP contribution in [0.1, 0.15) is 37.0 Å². The van der Waals surface area contributed by atoms with Gasteiger partial charge in [-0.2, -0.15) is 0 Å². The smallest absolute Gasteiger partial charge is 0.249 e. The molecule has 2 amide bonds. The number of amides is 2. The van der Waals surface area contributed by atoms with Crippen molar-refractivity contribution >= 4 is 11.8 Å². The van der Waals surface area contributed by atoms with Gasteiger partial charge in [-0.25, -0.2) is 4.98 Å². The molecule has 0 unspecified atom stereocenters. The topological polar surface area (TPSA) is 89.4 Å². The van der Waals surface area contributed by atoms with Crippen molar-refractivity contribution in [2.45, 2.75) is 39.4 Å². The fourth-order valence-electron chi connectivity index (χ4n) is 3.18. The van der Waals surface area contributed by atoms with Crippen LogP contribution in [-0.2, 0) is 33.8 Å². The lowest BCUT2D eigenvalue weighted by Gasteiger charge is -2.33. The number of rotatable bonds is 7.